The number of rotatable bonds is 4. The molecular weight excluding hydrogens is 372 g/mol. The number of amides is 1. The van der Waals surface area contributed by atoms with E-state index in [9.17, 15) is 9.90 Å². The lowest BCUT2D eigenvalue weighted by Crippen LogP contribution is -2.23. The van der Waals surface area contributed by atoms with Crippen molar-refractivity contribution in [3.8, 4) is 0 Å². The topological polar surface area (TPSA) is 112 Å². The van der Waals surface area contributed by atoms with Crippen molar-refractivity contribution < 1.29 is 9.90 Å². The monoisotopic (exact) mass is 394 g/mol. The number of aliphatic hydroxyl groups is 1. The molecule has 3 aromatic rings. The molecule has 0 aliphatic carbocycles. The Morgan fingerprint density at radius 3 is 2.55 bits per heavy atom. The van der Waals surface area contributed by atoms with Crippen LogP contribution in [0.1, 0.15) is 29.9 Å². The maximum atomic E-state index is 12.6. The number of aromatic nitrogens is 5. The van der Waals surface area contributed by atoms with Crippen LogP contribution in [-0.2, 0) is 0 Å². The van der Waals surface area contributed by atoms with Gasteiger partial charge in [0, 0.05) is 26.2 Å². The number of nitrogens with zero attached hydrogens (tertiary/aromatic N) is 7. The number of imidazole rings is 1. The van der Waals surface area contributed by atoms with Gasteiger partial charge in [0.05, 0.1) is 30.4 Å². The number of fused-ring (bicyclic) bond motifs is 1. The second-order valence-electron chi connectivity index (χ2n) is 7.41. The highest BCUT2D eigenvalue weighted by atomic mass is 16.3. The molecule has 150 valence electrons. The fourth-order valence-electron chi connectivity index (χ4n) is 3.81. The second kappa shape index (κ2) is 7.28. The fraction of sp³-hybridized carbons (Fsp3) is 0.421. The van der Waals surface area contributed by atoms with Gasteiger partial charge >= 0.3 is 0 Å². The van der Waals surface area contributed by atoms with Crippen molar-refractivity contribution >= 4 is 28.9 Å². The molecule has 10 heteroatoms. The van der Waals surface area contributed by atoms with E-state index in [-0.39, 0.29) is 11.9 Å². The van der Waals surface area contributed by atoms with Crippen LogP contribution in [0.5, 0.6) is 0 Å². The molecule has 3 aromatic heterocycles. The molecule has 0 radical (unpaired) electrons. The first-order chi connectivity index (χ1) is 14.2. The van der Waals surface area contributed by atoms with Crippen molar-refractivity contribution in [2.45, 2.75) is 25.4 Å². The molecule has 5 heterocycles. The Hall–Kier alpha value is -3.27. The summed E-state index contributed by atoms with van der Waals surface area (Å²) in [5.41, 5.74) is 1.46. The Labute approximate surface area is 167 Å². The maximum absolute atomic E-state index is 12.6. The first-order valence-electron chi connectivity index (χ1n) is 9.83. The third kappa shape index (κ3) is 3.46. The summed E-state index contributed by atoms with van der Waals surface area (Å²) in [6, 6.07) is 3.85. The summed E-state index contributed by atoms with van der Waals surface area (Å²) in [6.07, 6.45) is 7.52. The van der Waals surface area contributed by atoms with E-state index in [0.29, 0.717) is 18.0 Å². The molecule has 1 unspecified atom stereocenters. The van der Waals surface area contributed by atoms with Crippen molar-refractivity contribution in [3.05, 3.63) is 36.5 Å². The van der Waals surface area contributed by atoms with Gasteiger partial charge in [0.1, 0.15) is 5.82 Å². The Bertz CT molecular complexity index is 1030. The smallest absolute Gasteiger partial charge is 0.294 e. The van der Waals surface area contributed by atoms with Crippen molar-refractivity contribution in [2.75, 3.05) is 41.3 Å². The summed E-state index contributed by atoms with van der Waals surface area (Å²) in [5.74, 6) is 0.991. The summed E-state index contributed by atoms with van der Waals surface area (Å²) < 4.78 is 1.63. The van der Waals surface area contributed by atoms with Crippen LogP contribution in [0.15, 0.2) is 30.7 Å². The van der Waals surface area contributed by atoms with Gasteiger partial charge < -0.3 is 20.2 Å². The maximum Gasteiger partial charge on any atom is 0.294 e. The van der Waals surface area contributed by atoms with Crippen LogP contribution in [-0.4, -0.2) is 67.9 Å². The van der Waals surface area contributed by atoms with E-state index in [4.69, 9.17) is 0 Å². The minimum Gasteiger partial charge on any atom is -0.391 e. The largest absolute Gasteiger partial charge is 0.391 e. The molecule has 2 fully saturated rings. The average Bonchev–Trinajstić information content (AvgIpc) is 3.49. The molecule has 0 bridgehead atoms. The number of β-amino-alcohol motifs (C(OH)–C–C–N with tert-alkyl or cyclic N) is 1. The van der Waals surface area contributed by atoms with Crippen LogP contribution in [0.25, 0.3) is 5.65 Å². The van der Waals surface area contributed by atoms with Crippen LogP contribution in [0.4, 0.5) is 17.3 Å². The lowest BCUT2D eigenvalue weighted by Gasteiger charge is -2.17. The average molecular weight is 394 g/mol. The van der Waals surface area contributed by atoms with E-state index in [1.165, 1.54) is 0 Å². The van der Waals surface area contributed by atoms with Crippen molar-refractivity contribution in [2.24, 2.45) is 0 Å². The zero-order chi connectivity index (χ0) is 19.8. The van der Waals surface area contributed by atoms with Gasteiger partial charge in [0.2, 0.25) is 5.82 Å². The molecule has 2 aliphatic heterocycles. The zero-order valence-corrected chi connectivity index (χ0v) is 15.9. The van der Waals surface area contributed by atoms with Crippen molar-refractivity contribution in [3.63, 3.8) is 0 Å². The normalized spacial score (nSPS) is 19.3. The predicted molar refractivity (Wildman–Crippen MR) is 107 cm³/mol. The summed E-state index contributed by atoms with van der Waals surface area (Å²) in [4.78, 5) is 29.5. The van der Waals surface area contributed by atoms with E-state index in [2.05, 4.69) is 30.3 Å². The minimum atomic E-state index is -0.423. The van der Waals surface area contributed by atoms with Gasteiger partial charge in [-0.15, -0.1) is 5.10 Å². The van der Waals surface area contributed by atoms with Crippen molar-refractivity contribution in [1.82, 2.24) is 24.6 Å². The standard InChI is InChI=1S/C19H22N8O2/c28-14-5-8-26(12-14)13-9-21-18(22-10-13)19(29)23-17-11-20-15-3-4-16(24-27(15)17)25-6-1-2-7-25/h3-4,9-11,14,28H,1-2,5-8,12H2,(H,23,29). The summed E-state index contributed by atoms with van der Waals surface area (Å²) in [5, 5.41) is 17.1. The summed E-state index contributed by atoms with van der Waals surface area (Å²) in [7, 11) is 0. The van der Waals surface area contributed by atoms with Gasteiger partial charge in [-0.3, -0.25) is 4.79 Å². The Balaban J connectivity index is 1.33. The molecule has 0 aromatic carbocycles. The lowest BCUT2D eigenvalue weighted by molar-refractivity contribution is 0.101. The number of anilines is 3. The SMILES string of the molecule is O=C(Nc1cnc2ccc(N3CCCC3)nn12)c1ncc(N2CCC(O)C2)cn1. The van der Waals surface area contributed by atoms with E-state index < -0.39 is 5.91 Å². The Kier molecular flexibility index (Phi) is 4.47. The van der Waals surface area contributed by atoms with Crippen molar-refractivity contribution in [1.29, 1.82) is 0 Å². The highest BCUT2D eigenvalue weighted by Gasteiger charge is 2.22. The number of hydrogen-bond acceptors (Lipinski definition) is 8. The molecule has 0 saturated carbocycles. The quantitative estimate of drug-likeness (QED) is 0.673. The number of carbonyl (C=O) groups excluding carboxylic acids is 1. The molecule has 1 atom stereocenters. The number of nitrogens with one attached hydrogen (secondary N) is 1. The third-order valence-electron chi connectivity index (χ3n) is 5.39. The van der Waals surface area contributed by atoms with Crippen LogP contribution >= 0.6 is 0 Å². The third-order valence-corrected chi connectivity index (χ3v) is 5.39. The van der Waals surface area contributed by atoms with Gasteiger partial charge in [-0.2, -0.15) is 4.52 Å². The van der Waals surface area contributed by atoms with Crippen LogP contribution < -0.4 is 15.1 Å². The lowest BCUT2D eigenvalue weighted by atomic mass is 10.3. The van der Waals surface area contributed by atoms with Gasteiger partial charge in [0.15, 0.2) is 11.5 Å². The minimum absolute atomic E-state index is 0.0687. The first kappa shape index (κ1) is 17.8. The zero-order valence-electron chi connectivity index (χ0n) is 15.9. The number of aliphatic hydroxyl groups excluding tert-OH is 1. The fourth-order valence-corrected chi connectivity index (χ4v) is 3.81. The first-order valence-corrected chi connectivity index (χ1v) is 9.83. The molecule has 2 saturated heterocycles. The van der Waals surface area contributed by atoms with Crippen LogP contribution in [0.2, 0.25) is 0 Å². The van der Waals surface area contributed by atoms with Crippen LogP contribution in [0, 0.1) is 0 Å². The second-order valence-corrected chi connectivity index (χ2v) is 7.41. The van der Waals surface area contributed by atoms with E-state index in [1.807, 2.05) is 17.0 Å². The van der Waals surface area contributed by atoms with E-state index >= 15 is 0 Å². The van der Waals surface area contributed by atoms with Gasteiger partial charge in [-0.1, -0.05) is 0 Å². The molecule has 0 spiro atoms. The highest BCUT2D eigenvalue weighted by molar-refractivity contribution is 6.01. The Morgan fingerprint density at radius 1 is 1.03 bits per heavy atom. The molecule has 2 N–H and O–H groups in total. The molecule has 10 nitrogen and oxygen atoms in total. The molecule has 2 aliphatic rings. The highest BCUT2D eigenvalue weighted by Crippen LogP contribution is 2.21. The summed E-state index contributed by atoms with van der Waals surface area (Å²) in [6.45, 7) is 3.29. The van der Waals surface area contributed by atoms with E-state index in [1.54, 1.807) is 23.1 Å². The van der Waals surface area contributed by atoms with Gasteiger partial charge in [0.25, 0.3) is 5.91 Å². The molecule has 29 heavy (non-hydrogen) atoms. The van der Waals surface area contributed by atoms with Gasteiger partial charge in [-0.05, 0) is 31.4 Å². The van der Waals surface area contributed by atoms with Gasteiger partial charge in [-0.25, -0.2) is 15.0 Å². The molecular formula is C19H22N8O2. The summed E-state index contributed by atoms with van der Waals surface area (Å²) >= 11 is 0. The number of hydrogen-bond donors (Lipinski definition) is 2. The molecule has 5 rings (SSSR count). The molecule has 1 amide bonds. The van der Waals surface area contributed by atoms with Crippen LogP contribution in [0.3, 0.4) is 0 Å². The number of carbonyl (C=O) groups is 1. The van der Waals surface area contributed by atoms with E-state index in [0.717, 1.165) is 50.4 Å². The Morgan fingerprint density at radius 2 is 1.83 bits per heavy atom. The predicted octanol–water partition coefficient (Wildman–Crippen LogP) is 0.943.